The zero-order valence-corrected chi connectivity index (χ0v) is 20.9. The van der Waals surface area contributed by atoms with Crippen molar-refractivity contribution < 1.29 is 29.1 Å². The summed E-state index contributed by atoms with van der Waals surface area (Å²) in [5.41, 5.74) is 0.707. The number of hydrogen-bond acceptors (Lipinski definition) is 11. The summed E-state index contributed by atoms with van der Waals surface area (Å²) < 4.78 is 0. The number of carbonyl (C=O) groups is 4. The fourth-order valence-electron chi connectivity index (χ4n) is 3.36. The molecule has 1 saturated heterocycles. The van der Waals surface area contributed by atoms with Crippen LogP contribution >= 0.6 is 34.9 Å². The molecular formula is C21H18N6O6S3. The third kappa shape index (κ3) is 5.27. The van der Waals surface area contributed by atoms with Crippen molar-refractivity contribution in [3.63, 3.8) is 0 Å². The van der Waals surface area contributed by atoms with Gasteiger partial charge in [-0.3, -0.25) is 24.3 Å². The molecule has 1 fully saturated rings. The zero-order chi connectivity index (χ0) is 25.7. The first kappa shape index (κ1) is 25.4. The van der Waals surface area contributed by atoms with Crippen molar-refractivity contribution in [2.45, 2.75) is 11.4 Å². The first-order chi connectivity index (χ1) is 17.4. The van der Waals surface area contributed by atoms with Gasteiger partial charge in [-0.1, -0.05) is 23.0 Å². The van der Waals surface area contributed by atoms with Crippen LogP contribution in [0.25, 0.3) is 6.08 Å². The topological polar surface area (TPSA) is 163 Å². The second kappa shape index (κ2) is 11.4. The number of aromatic nitrogens is 2. The number of carboxylic acid groups (broad SMARTS) is 1. The molecule has 186 valence electrons. The fourth-order valence-corrected chi connectivity index (χ4v) is 6.37. The van der Waals surface area contributed by atoms with Crippen LogP contribution in [-0.4, -0.2) is 74.2 Å². The summed E-state index contributed by atoms with van der Waals surface area (Å²) in [5, 5.41) is 21.4. The highest BCUT2D eigenvalue weighted by Crippen LogP contribution is 2.43. The number of fused-ring (bicyclic) bond motifs is 1. The lowest BCUT2D eigenvalue weighted by molar-refractivity contribution is -0.150. The van der Waals surface area contributed by atoms with Crippen LogP contribution in [-0.2, 0) is 24.0 Å². The molecule has 2 aliphatic rings. The Kier molecular flexibility index (Phi) is 8.02. The van der Waals surface area contributed by atoms with Crippen molar-refractivity contribution >= 4 is 76.0 Å². The summed E-state index contributed by atoms with van der Waals surface area (Å²) in [6, 6.07) is 2.70. The summed E-state index contributed by atoms with van der Waals surface area (Å²) in [7, 11) is 1.25. The van der Waals surface area contributed by atoms with Gasteiger partial charge in [-0.25, -0.2) is 9.78 Å². The van der Waals surface area contributed by atoms with E-state index in [-0.39, 0.29) is 22.2 Å². The summed E-state index contributed by atoms with van der Waals surface area (Å²) in [6.07, 6.45) is 5.58. The first-order valence-corrected chi connectivity index (χ1v) is 13.0. The Hall–Kier alpha value is -3.69. The monoisotopic (exact) mass is 546 g/mol. The summed E-state index contributed by atoms with van der Waals surface area (Å²) in [5.74, 6) is -2.16. The SMILES string of the molecule is CON=C(C(=O)NC1C(=O)N2C(C(=O)O)=C(S/C=C\c3cccnc3)CS[C@@H]12)c1csc(NC=O)n1. The largest absolute Gasteiger partial charge is 0.477 e. The lowest BCUT2D eigenvalue weighted by atomic mass is 10.0. The van der Waals surface area contributed by atoms with Crippen LogP contribution < -0.4 is 10.6 Å². The molecule has 0 bridgehead atoms. The molecule has 2 aromatic rings. The van der Waals surface area contributed by atoms with E-state index in [1.54, 1.807) is 29.9 Å². The minimum absolute atomic E-state index is 0.107. The van der Waals surface area contributed by atoms with Gasteiger partial charge in [0.2, 0.25) is 6.41 Å². The second-order valence-electron chi connectivity index (χ2n) is 7.07. The van der Waals surface area contributed by atoms with Crippen molar-refractivity contribution in [3.05, 3.63) is 57.2 Å². The quantitative estimate of drug-likeness (QED) is 0.172. The number of oxime groups is 1. The van der Waals surface area contributed by atoms with E-state index in [9.17, 15) is 24.3 Å². The first-order valence-electron chi connectivity index (χ1n) is 10.2. The summed E-state index contributed by atoms with van der Waals surface area (Å²) in [4.78, 5) is 63.0. The number of nitrogens with zero attached hydrogens (tertiary/aromatic N) is 4. The van der Waals surface area contributed by atoms with Gasteiger partial charge in [0.15, 0.2) is 10.8 Å². The van der Waals surface area contributed by atoms with E-state index in [1.165, 1.54) is 40.9 Å². The van der Waals surface area contributed by atoms with Gasteiger partial charge in [0.25, 0.3) is 11.8 Å². The number of carbonyl (C=O) groups excluding carboxylic acids is 3. The highest BCUT2D eigenvalue weighted by Gasteiger charge is 2.54. The maximum Gasteiger partial charge on any atom is 0.353 e. The Balaban J connectivity index is 1.48. The number of amides is 3. The molecule has 12 nitrogen and oxygen atoms in total. The molecule has 4 rings (SSSR count). The smallest absolute Gasteiger partial charge is 0.353 e. The van der Waals surface area contributed by atoms with Gasteiger partial charge in [0, 0.05) is 28.4 Å². The van der Waals surface area contributed by atoms with Crippen molar-refractivity contribution in [2.24, 2.45) is 5.16 Å². The predicted molar refractivity (Wildman–Crippen MR) is 136 cm³/mol. The molecule has 1 unspecified atom stereocenters. The normalized spacial score (nSPS) is 19.5. The number of pyridine rings is 1. The van der Waals surface area contributed by atoms with E-state index in [0.29, 0.717) is 17.1 Å². The lowest BCUT2D eigenvalue weighted by Crippen LogP contribution is -2.71. The van der Waals surface area contributed by atoms with Gasteiger partial charge in [-0.15, -0.1) is 23.1 Å². The number of β-lactam (4-membered cyclic amide) rings is 1. The molecule has 15 heteroatoms. The molecule has 3 amide bonds. The Morgan fingerprint density at radius 1 is 1.42 bits per heavy atom. The minimum Gasteiger partial charge on any atom is -0.477 e. The molecule has 2 atom stereocenters. The molecule has 0 spiro atoms. The molecule has 0 radical (unpaired) electrons. The Morgan fingerprint density at radius 3 is 2.94 bits per heavy atom. The number of hydrogen-bond donors (Lipinski definition) is 3. The molecule has 0 aromatic carbocycles. The van der Waals surface area contributed by atoms with Crippen LogP contribution in [0.15, 0.2) is 51.1 Å². The highest BCUT2D eigenvalue weighted by atomic mass is 32.2. The molecule has 0 saturated carbocycles. The van der Waals surface area contributed by atoms with E-state index in [1.807, 2.05) is 6.07 Å². The summed E-state index contributed by atoms with van der Waals surface area (Å²) in [6.45, 7) is 0. The van der Waals surface area contributed by atoms with E-state index in [4.69, 9.17) is 4.84 Å². The number of thioether (sulfide) groups is 2. The van der Waals surface area contributed by atoms with Crippen molar-refractivity contribution in [1.29, 1.82) is 0 Å². The van der Waals surface area contributed by atoms with Gasteiger partial charge in [-0.2, -0.15) is 0 Å². The summed E-state index contributed by atoms with van der Waals surface area (Å²) >= 11 is 3.64. The van der Waals surface area contributed by atoms with E-state index in [2.05, 4.69) is 25.8 Å². The Labute approximate surface area is 216 Å². The molecule has 4 heterocycles. The fraction of sp³-hybridized carbons (Fsp3) is 0.190. The number of aliphatic carboxylic acids is 1. The Morgan fingerprint density at radius 2 is 2.25 bits per heavy atom. The maximum atomic E-state index is 12.9. The lowest BCUT2D eigenvalue weighted by Gasteiger charge is -2.49. The number of carboxylic acids is 1. The van der Waals surface area contributed by atoms with Crippen LogP contribution in [0.3, 0.4) is 0 Å². The predicted octanol–water partition coefficient (Wildman–Crippen LogP) is 1.56. The maximum absolute atomic E-state index is 12.9. The molecular weight excluding hydrogens is 528 g/mol. The van der Waals surface area contributed by atoms with Crippen LogP contribution in [0.4, 0.5) is 5.13 Å². The molecule has 0 aliphatic carbocycles. The Bertz CT molecular complexity index is 1280. The standard InChI is InChI=1S/C21H18N6O6S3/c1-33-26-14(12-8-36-21(24-12)23-10-28)17(29)25-15-18(30)27-16(20(31)32)13(9-35-19(15)27)34-6-4-11-3-2-5-22-7-11/h2-8,10,15,19H,9H2,1H3,(H,25,29)(H,31,32)(H,23,24,28)/b6-4-,26-14?/t15?,19-/m0/s1. The number of nitrogens with one attached hydrogen (secondary N) is 2. The van der Waals surface area contributed by atoms with E-state index < -0.39 is 29.2 Å². The number of anilines is 1. The minimum atomic E-state index is -1.23. The molecule has 2 aliphatic heterocycles. The van der Waals surface area contributed by atoms with Crippen molar-refractivity contribution in [1.82, 2.24) is 20.2 Å². The second-order valence-corrected chi connectivity index (χ2v) is 10.0. The highest BCUT2D eigenvalue weighted by molar-refractivity contribution is 8.08. The van der Waals surface area contributed by atoms with Crippen LogP contribution in [0.5, 0.6) is 0 Å². The molecule has 36 heavy (non-hydrogen) atoms. The number of rotatable bonds is 10. The van der Waals surface area contributed by atoms with Crippen LogP contribution in [0.2, 0.25) is 0 Å². The third-order valence-electron chi connectivity index (χ3n) is 4.90. The van der Waals surface area contributed by atoms with E-state index in [0.717, 1.165) is 16.9 Å². The van der Waals surface area contributed by atoms with Crippen LogP contribution in [0.1, 0.15) is 11.3 Å². The average Bonchev–Trinajstić information content (AvgIpc) is 3.34. The van der Waals surface area contributed by atoms with E-state index >= 15 is 0 Å². The van der Waals surface area contributed by atoms with Crippen LogP contribution in [0, 0.1) is 0 Å². The van der Waals surface area contributed by atoms with Crippen molar-refractivity contribution in [3.8, 4) is 0 Å². The third-order valence-corrected chi connectivity index (χ3v) is 8.04. The molecule has 3 N–H and O–H groups in total. The zero-order valence-electron chi connectivity index (χ0n) is 18.5. The van der Waals surface area contributed by atoms with Gasteiger partial charge < -0.3 is 20.6 Å². The average molecular weight is 547 g/mol. The molecule has 2 aromatic heterocycles. The van der Waals surface area contributed by atoms with Gasteiger partial charge in [0.1, 0.15) is 29.9 Å². The number of thiazole rings is 1. The van der Waals surface area contributed by atoms with Gasteiger partial charge in [0.05, 0.1) is 0 Å². The van der Waals surface area contributed by atoms with Gasteiger partial charge in [-0.05, 0) is 23.1 Å². The van der Waals surface area contributed by atoms with Gasteiger partial charge >= 0.3 is 5.97 Å². The van der Waals surface area contributed by atoms with Crippen molar-refractivity contribution in [2.75, 3.05) is 18.2 Å².